The number of hydrogen-bond acceptors (Lipinski definition) is 7. The van der Waals surface area contributed by atoms with Crippen LogP contribution in [0.5, 0.6) is 5.75 Å². The predicted octanol–water partition coefficient (Wildman–Crippen LogP) is 1.69. The molecule has 2 fully saturated rings. The zero-order valence-electron chi connectivity index (χ0n) is 15.3. The van der Waals surface area contributed by atoms with Crippen LogP contribution in [-0.4, -0.2) is 74.2 Å². The number of hydrogen-bond donors (Lipinski definition) is 0. The summed E-state index contributed by atoms with van der Waals surface area (Å²) in [7, 11) is 3.57. The van der Waals surface area contributed by atoms with E-state index >= 15 is 0 Å². The molecule has 0 N–H and O–H groups in total. The van der Waals surface area contributed by atoms with E-state index < -0.39 is 4.92 Å². The van der Waals surface area contributed by atoms with Crippen LogP contribution in [-0.2, 0) is 0 Å². The normalized spacial score (nSPS) is 20.0. The minimum absolute atomic E-state index is 0.167. The van der Waals surface area contributed by atoms with Crippen molar-refractivity contribution in [1.82, 2.24) is 9.80 Å². The van der Waals surface area contributed by atoms with Crippen LogP contribution >= 0.6 is 0 Å². The molecule has 8 nitrogen and oxygen atoms in total. The Morgan fingerprint density at radius 3 is 2.38 bits per heavy atom. The Labute approximate surface area is 153 Å². The number of piperidine rings is 1. The minimum Gasteiger partial charge on any atom is -0.490 e. The molecule has 1 aromatic carbocycles. The average Bonchev–Trinajstić information content (AvgIpc) is 2.67. The maximum atomic E-state index is 11.2. The van der Waals surface area contributed by atoms with E-state index in [0.29, 0.717) is 11.6 Å². The number of nitro benzene ring substituents is 1. The van der Waals surface area contributed by atoms with E-state index in [-0.39, 0.29) is 11.4 Å². The predicted molar refractivity (Wildman–Crippen MR) is 98.7 cm³/mol. The van der Waals surface area contributed by atoms with Gasteiger partial charge in [0.25, 0.3) is 0 Å². The fraction of sp³-hybridized carbons (Fsp3) is 0.611. The third-order valence-corrected chi connectivity index (χ3v) is 5.47. The molecule has 8 heteroatoms. The van der Waals surface area contributed by atoms with Crippen molar-refractivity contribution in [3.05, 3.63) is 27.8 Å². The standard InChI is InChI=1S/C18H25N5O3/c1-20-7-9-21(10-8-20)15-3-5-22(6-4-15)16-12-18(26-2)17(23(24)25)11-14(16)13-19/h11-12,15H,3-10H2,1-2H3. The molecule has 0 aromatic heterocycles. The summed E-state index contributed by atoms with van der Waals surface area (Å²) >= 11 is 0. The summed E-state index contributed by atoms with van der Waals surface area (Å²) in [6.07, 6.45) is 2.07. The van der Waals surface area contributed by atoms with Crippen molar-refractivity contribution in [1.29, 1.82) is 5.26 Å². The number of methoxy groups -OCH3 is 1. The van der Waals surface area contributed by atoms with Gasteiger partial charge in [-0.3, -0.25) is 15.0 Å². The molecular weight excluding hydrogens is 334 g/mol. The van der Waals surface area contributed by atoms with Crippen molar-refractivity contribution >= 4 is 11.4 Å². The van der Waals surface area contributed by atoms with Crippen LogP contribution in [0.3, 0.4) is 0 Å². The number of nitriles is 1. The minimum atomic E-state index is -0.511. The molecule has 1 aromatic rings. The van der Waals surface area contributed by atoms with Crippen LogP contribution < -0.4 is 9.64 Å². The number of nitro groups is 1. The van der Waals surface area contributed by atoms with Gasteiger partial charge in [0.1, 0.15) is 6.07 Å². The zero-order valence-corrected chi connectivity index (χ0v) is 15.3. The Bertz CT molecular complexity index is 702. The number of anilines is 1. The Morgan fingerprint density at radius 1 is 1.19 bits per heavy atom. The van der Waals surface area contributed by atoms with E-state index in [1.54, 1.807) is 6.07 Å². The van der Waals surface area contributed by atoms with Gasteiger partial charge < -0.3 is 14.5 Å². The number of ether oxygens (including phenoxy) is 1. The van der Waals surface area contributed by atoms with Gasteiger partial charge in [0.2, 0.25) is 0 Å². The second-order valence-electron chi connectivity index (χ2n) is 6.97. The number of nitrogens with zero attached hydrogens (tertiary/aromatic N) is 5. The van der Waals surface area contributed by atoms with Gasteiger partial charge in [0.05, 0.1) is 23.3 Å². The summed E-state index contributed by atoms with van der Waals surface area (Å²) in [6, 6.07) is 5.63. The fourth-order valence-corrected chi connectivity index (χ4v) is 3.87. The Balaban J connectivity index is 1.73. The van der Waals surface area contributed by atoms with Crippen molar-refractivity contribution in [3.8, 4) is 11.8 Å². The van der Waals surface area contributed by atoms with Crippen molar-refractivity contribution in [2.45, 2.75) is 18.9 Å². The summed E-state index contributed by atoms with van der Waals surface area (Å²) in [4.78, 5) is 17.7. The highest BCUT2D eigenvalue weighted by Crippen LogP contribution is 2.36. The zero-order chi connectivity index (χ0) is 18.7. The molecule has 0 aliphatic carbocycles. The lowest BCUT2D eigenvalue weighted by Gasteiger charge is -2.42. The SMILES string of the molecule is COc1cc(N2CCC(N3CCN(C)CC3)CC2)c(C#N)cc1[N+](=O)[O-]. The second kappa shape index (κ2) is 7.89. The van der Waals surface area contributed by atoms with Gasteiger partial charge >= 0.3 is 5.69 Å². The molecule has 0 radical (unpaired) electrons. The van der Waals surface area contributed by atoms with Crippen LogP contribution in [0.15, 0.2) is 12.1 Å². The fourth-order valence-electron chi connectivity index (χ4n) is 3.87. The maximum Gasteiger partial charge on any atom is 0.312 e. The first-order valence-electron chi connectivity index (χ1n) is 8.97. The molecule has 0 spiro atoms. The molecule has 2 aliphatic rings. The average molecular weight is 359 g/mol. The monoisotopic (exact) mass is 359 g/mol. The molecular formula is C18H25N5O3. The van der Waals surface area contributed by atoms with Crippen LogP contribution in [0, 0.1) is 21.4 Å². The Kier molecular flexibility index (Phi) is 5.59. The summed E-state index contributed by atoms with van der Waals surface area (Å²) in [5.74, 6) is 0.199. The second-order valence-corrected chi connectivity index (χ2v) is 6.97. The molecule has 3 rings (SSSR count). The van der Waals surface area contributed by atoms with Crippen LogP contribution in [0.4, 0.5) is 11.4 Å². The topological polar surface area (TPSA) is 85.9 Å². The van der Waals surface area contributed by atoms with Gasteiger partial charge in [-0.2, -0.15) is 5.26 Å². The highest BCUT2D eigenvalue weighted by Gasteiger charge is 2.29. The maximum absolute atomic E-state index is 11.2. The first-order valence-corrected chi connectivity index (χ1v) is 8.97. The van der Waals surface area contributed by atoms with Gasteiger partial charge in [-0.25, -0.2) is 0 Å². The molecule has 2 aliphatic heterocycles. The lowest BCUT2D eigenvalue weighted by atomic mass is 10.0. The largest absolute Gasteiger partial charge is 0.490 e. The van der Waals surface area contributed by atoms with Crippen molar-refractivity contribution in [2.24, 2.45) is 0 Å². The Morgan fingerprint density at radius 2 is 1.85 bits per heavy atom. The molecule has 0 amide bonds. The number of likely N-dealkylation sites (N-methyl/N-ethyl adjacent to an activating group) is 1. The van der Waals surface area contributed by atoms with E-state index in [0.717, 1.165) is 57.8 Å². The van der Waals surface area contributed by atoms with E-state index in [2.05, 4.69) is 27.8 Å². The van der Waals surface area contributed by atoms with E-state index in [4.69, 9.17) is 4.74 Å². The van der Waals surface area contributed by atoms with Crippen molar-refractivity contribution in [2.75, 3.05) is 58.3 Å². The summed E-state index contributed by atoms with van der Waals surface area (Å²) in [5, 5.41) is 20.6. The lowest BCUT2D eigenvalue weighted by Crippen LogP contribution is -2.52. The smallest absolute Gasteiger partial charge is 0.312 e. The molecule has 0 atom stereocenters. The number of rotatable bonds is 4. The molecule has 0 unspecified atom stereocenters. The van der Waals surface area contributed by atoms with Gasteiger partial charge in [-0.1, -0.05) is 0 Å². The lowest BCUT2D eigenvalue weighted by molar-refractivity contribution is -0.385. The van der Waals surface area contributed by atoms with Crippen molar-refractivity contribution < 1.29 is 9.66 Å². The Hall–Kier alpha value is -2.37. The third-order valence-electron chi connectivity index (χ3n) is 5.47. The molecule has 2 heterocycles. The first kappa shape index (κ1) is 18.4. The quantitative estimate of drug-likeness (QED) is 0.597. The van der Waals surface area contributed by atoms with Gasteiger partial charge in [0, 0.05) is 57.4 Å². The number of piperazine rings is 1. The molecule has 26 heavy (non-hydrogen) atoms. The van der Waals surface area contributed by atoms with Crippen molar-refractivity contribution in [3.63, 3.8) is 0 Å². The summed E-state index contributed by atoms with van der Waals surface area (Å²) < 4.78 is 5.17. The molecule has 0 bridgehead atoms. The van der Waals surface area contributed by atoms with E-state index in [1.807, 2.05) is 0 Å². The van der Waals surface area contributed by atoms with Crippen LogP contribution in [0.25, 0.3) is 0 Å². The van der Waals surface area contributed by atoms with Gasteiger partial charge in [-0.05, 0) is 19.9 Å². The summed E-state index contributed by atoms with van der Waals surface area (Å²) in [5.41, 5.74) is 0.891. The first-order chi connectivity index (χ1) is 12.5. The number of benzene rings is 1. The molecule has 2 saturated heterocycles. The van der Waals surface area contributed by atoms with E-state index in [9.17, 15) is 15.4 Å². The van der Waals surface area contributed by atoms with Gasteiger partial charge in [0.15, 0.2) is 5.75 Å². The van der Waals surface area contributed by atoms with Crippen LogP contribution in [0.1, 0.15) is 18.4 Å². The van der Waals surface area contributed by atoms with Gasteiger partial charge in [-0.15, -0.1) is 0 Å². The van der Waals surface area contributed by atoms with Crippen LogP contribution in [0.2, 0.25) is 0 Å². The third kappa shape index (κ3) is 3.74. The van der Waals surface area contributed by atoms with E-state index in [1.165, 1.54) is 13.2 Å². The molecule has 140 valence electrons. The summed E-state index contributed by atoms with van der Waals surface area (Å²) in [6.45, 7) is 6.11. The highest BCUT2D eigenvalue weighted by atomic mass is 16.6. The highest BCUT2D eigenvalue weighted by molar-refractivity contribution is 5.68. The molecule has 0 saturated carbocycles.